The summed E-state index contributed by atoms with van der Waals surface area (Å²) in [5.41, 5.74) is 10.6. The normalized spacial score (nSPS) is 12.6. The topological polar surface area (TPSA) is 48.5 Å². The second-order valence-corrected chi connectivity index (χ2v) is 12.8. The lowest BCUT2D eigenvalue weighted by Crippen LogP contribution is -2.08. The molecule has 50 heavy (non-hydrogen) atoms. The number of nitrogens with zero attached hydrogens (tertiary/aromatic N) is 5. The molecule has 5 aromatic carbocycles. The second-order valence-electron chi connectivity index (χ2n) is 12.8. The Morgan fingerprint density at radius 3 is 1.54 bits per heavy atom. The average molecular weight is 642 g/mol. The van der Waals surface area contributed by atoms with Gasteiger partial charge in [0.15, 0.2) is 5.82 Å². The molecule has 0 atom stereocenters. The van der Waals surface area contributed by atoms with Gasteiger partial charge in [-0.05, 0) is 54.8 Å². The van der Waals surface area contributed by atoms with Crippen LogP contribution in [0.5, 0.6) is 0 Å². The van der Waals surface area contributed by atoms with Gasteiger partial charge in [0.2, 0.25) is 0 Å². The van der Waals surface area contributed by atoms with Crippen molar-refractivity contribution in [3.05, 3.63) is 169 Å². The van der Waals surface area contributed by atoms with Crippen LogP contribution in [0.2, 0.25) is 0 Å². The quantitative estimate of drug-likeness (QED) is 0.188. The lowest BCUT2D eigenvalue weighted by Gasteiger charge is -2.16. The molecular weight excluding hydrogens is 611 g/mol. The van der Waals surface area contributed by atoms with E-state index < -0.39 is 0 Å². The van der Waals surface area contributed by atoms with E-state index in [2.05, 4.69) is 161 Å². The number of aryl methyl sites for hydroxylation is 1. The number of benzene rings is 5. The standard InChI is InChI=1S/C45H31N5/c1-3-15-30(16-4-1)37-27-32(28-38(46-37)31-17-5-2-6-18-31)45-47-43(49-39-23-11-7-19-33(39)34-20-8-12-24-40(34)49)29-44(48-45)50-41-25-13-9-21-35(41)36-22-10-14-26-42(36)50/h1-9,11-21,23-29H,10,22H2. The number of fused-ring (bicyclic) bond motifs is 6. The summed E-state index contributed by atoms with van der Waals surface area (Å²) >= 11 is 0. The van der Waals surface area contributed by atoms with E-state index >= 15 is 0 Å². The molecule has 0 fully saturated rings. The molecular formula is C45H31N5. The number of hydrogen-bond acceptors (Lipinski definition) is 3. The van der Waals surface area contributed by atoms with E-state index in [9.17, 15) is 0 Å². The first-order valence-electron chi connectivity index (χ1n) is 17.1. The molecule has 0 aliphatic heterocycles. The van der Waals surface area contributed by atoms with Crippen molar-refractivity contribution in [1.82, 2.24) is 24.1 Å². The Labute approximate surface area is 289 Å². The predicted molar refractivity (Wildman–Crippen MR) is 205 cm³/mol. The van der Waals surface area contributed by atoms with Crippen LogP contribution in [0.25, 0.3) is 84.3 Å². The zero-order valence-corrected chi connectivity index (χ0v) is 27.2. The fourth-order valence-electron chi connectivity index (χ4n) is 7.56. The van der Waals surface area contributed by atoms with E-state index in [4.69, 9.17) is 15.0 Å². The number of aromatic nitrogens is 5. The van der Waals surface area contributed by atoms with Crippen LogP contribution in [0.3, 0.4) is 0 Å². The third-order valence-corrected chi connectivity index (χ3v) is 9.82. The molecule has 4 aromatic heterocycles. The lowest BCUT2D eigenvalue weighted by molar-refractivity contribution is 0.936. The Morgan fingerprint density at radius 2 is 0.940 bits per heavy atom. The minimum Gasteiger partial charge on any atom is -0.294 e. The van der Waals surface area contributed by atoms with E-state index in [0.717, 1.165) is 69.1 Å². The highest BCUT2D eigenvalue weighted by Crippen LogP contribution is 2.37. The molecule has 1 aliphatic carbocycles. The van der Waals surface area contributed by atoms with Crippen LogP contribution in [-0.2, 0) is 6.42 Å². The number of hydrogen-bond donors (Lipinski definition) is 0. The van der Waals surface area contributed by atoms with Crippen molar-refractivity contribution in [1.29, 1.82) is 0 Å². The third-order valence-electron chi connectivity index (χ3n) is 9.82. The monoisotopic (exact) mass is 641 g/mol. The fraction of sp³-hybridized carbons (Fsp3) is 0.0444. The Kier molecular flexibility index (Phi) is 6.56. The predicted octanol–water partition coefficient (Wildman–Crippen LogP) is 10.9. The Hall–Kier alpha value is -6.59. The highest BCUT2D eigenvalue weighted by Gasteiger charge is 2.22. The van der Waals surface area contributed by atoms with Gasteiger partial charge >= 0.3 is 0 Å². The summed E-state index contributed by atoms with van der Waals surface area (Å²) in [5, 5.41) is 3.66. The molecule has 0 amide bonds. The number of pyridine rings is 1. The Bertz CT molecular complexity index is 2640. The minimum atomic E-state index is 0.641. The second kappa shape index (κ2) is 11.5. The van der Waals surface area contributed by atoms with Gasteiger partial charge in [0.05, 0.1) is 33.6 Å². The molecule has 4 heterocycles. The van der Waals surface area contributed by atoms with Crippen molar-refractivity contribution >= 4 is 38.8 Å². The average Bonchev–Trinajstić information content (AvgIpc) is 3.71. The first kappa shape index (κ1) is 28.4. The van der Waals surface area contributed by atoms with Crippen molar-refractivity contribution in [2.75, 3.05) is 0 Å². The molecule has 5 nitrogen and oxygen atoms in total. The zero-order valence-electron chi connectivity index (χ0n) is 27.2. The highest BCUT2D eigenvalue weighted by molar-refractivity contribution is 6.09. The maximum atomic E-state index is 5.42. The Morgan fingerprint density at radius 1 is 0.440 bits per heavy atom. The summed E-state index contributed by atoms with van der Waals surface area (Å²) in [6.07, 6.45) is 6.56. The van der Waals surface area contributed by atoms with Crippen LogP contribution < -0.4 is 0 Å². The zero-order chi connectivity index (χ0) is 33.0. The van der Waals surface area contributed by atoms with Crippen molar-refractivity contribution in [2.24, 2.45) is 0 Å². The lowest BCUT2D eigenvalue weighted by atomic mass is 10.0. The van der Waals surface area contributed by atoms with Crippen LogP contribution in [0.4, 0.5) is 0 Å². The van der Waals surface area contributed by atoms with Gasteiger partial charge in [0, 0.05) is 38.9 Å². The van der Waals surface area contributed by atoms with Gasteiger partial charge < -0.3 is 0 Å². The molecule has 9 aromatic rings. The van der Waals surface area contributed by atoms with Crippen LogP contribution in [0, 0.1) is 0 Å². The molecule has 0 radical (unpaired) electrons. The van der Waals surface area contributed by atoms with Crippen LogP contribution in [-0.4, -0.2) is 24.1 Å². The van der Waals surface area contributed by atoms with Gasteiger partial charge in [-0.2, -0.15) is 0 Å². The summed E-state index contributed by atoms with van der Waals surface area (Å²) in [4.78, 5) is 16.0. The molecule has 236 valence electrons. The molecule has 0 unspecified atom stereocenters. The van der Waals surface area contributed by atoms with Gasteiger partial charge in [-0.1, -0.05) is 121 Å². The fourth-order valence-corrected chi connectivity index (χ4v) is 7.56. The van der Waals surface area contributed by atoms with Gasteiger partial charge in [-0.25, -0.2) is 15.0 Å². The Balaban J connectivity index is 1.30. The van der Waals surface area contributed by atoms with E-state index in [-0.39, 0.29) is 0 Å². The van der Waals surface area contributed by atoms with E-state index in [1.165, 1.54) is 27.4 Å². The van der Waals surface area contributed by atoms with Gasteiger partial charge in [-0.15, -0.1) is 0 Å². The van der Waals surface area contributed by atoms with Crippen molar-refractivity contribution in [2.45, 2.75) is 12.8 Å². The van der Waals surface area contributed by atoms with E-state index in [1.54, 1.807) is 0 Å². The molecule has 1 aliphatic rings. The summed E-state index contributed by atoms with van der Waals surface area (Å²) in [7, 11) is 0. The number of rotatable bonds is 5. The SMILES string of the molecule is C1=Cc2c(c3ccccc3n2-c2cc(-n3c4ccccc4c4ccccc43)nc(-c3cc(-c4ccccc4)nc(-c4ccccc4)c3)n2)CC1. The van der Waals surface area contributed by atoms with Gasteiger partial charge in [-0.3, -0.25) is 9.13 Å². The van der Waals surface area contributed by atoms with Crippen LogP contribution >= 0.6 is 0 Å². The largest absolute Gasteiger partial charge is 0.294 e. The molecule has 5 heteroatoms. The third kappa shape index (κ3) is 4.59. The molecule has 0 spiro atoms. The molecule has 0 saturated heterocycles. The van der Waals surface area contributed by atoms with Crippen molar-refractivity contribution in [3.8, 4) is 45.5 Å². The van der Waals surface area contributed by atoms with Gasteiger partial charge in [0.1, 0.15) is 11.6 Å². The molecule has 0 saturated carbocycles. The van der Waals surface area contributed by atoms with E-state index in [1.807, 2.05) is 12.1 Å². The first-order valence-corrected chi connectivity index (χ1v) is 17.1. The van der Waals surface area contributed by atoms with E-state index in [0.29, 0.717) is 5.82 Å². The summed E-state index contributed by atoms with van der Waals surface area (Å²) in [5.74, 6) is 2.28. The smallest absolute Gasteiger partial charge is 0.164 e. The highest BCUT2D eigenvalue weighted by atomic mass is 15.1. The van der Waals surface area contributed by atoms with Crippen LogP contribution in [0.15, 0.2) is 158 Å². The molecule has 10 rings (SSSR count). The summed E-state index contributed by atoms with van der Waals surface area (Å²) in [6, 6.07) is 52.9. The van der Waals surface area contributed by atoms with Crippen molar-refractivity contribution in [3.63, 3.8) is 0 Å². The van der Waals surface area contributed by atoms with Crippen molar-refractivity contribution < 1.29 is 0 Å². The summed E-state index contributed by atoms with van der Waals surface area (Å²) < 4.78 is 4.60. The molecule has 0 bridgehead atoms. The molecule has 0 N–H and O–H groups in total. The number of allylic oxidation sites excluding steroid dienone is 1. The van der Waals surface area contributed by atoms with Gasteiger partial charge in [0.25, 0.3) is 0 Å². The minimum absolute atomic E-state index is 0.641. The maximum absolute atomic E-state index is 5.42. The number of para-hydroxylation sites is 3. The first-order chi connectivity index (χ1) is 24.8. The van der Waals surface area contributed by atoms with Crippen LogP contribution in [0.1, 0.15) is 17.7 Å². The summed E-state index contributed by atoms with van der Waals surface area (Å²) in [6.45, 7) is 0. The maximum Gasteiger partial charge on any atom is 0.164 e.